The van der Waals surface area contributed by atoms with Gasteiger partial charge in [0, 0.05) is 18.2 Å². The average Bonchev–Trinajstić information content (AvgIpc) is 2.99. The molecular formula is C23H29N3O. The van der Waals surface area contributed by atoms with Crippen molar-refractivity contribution in [2.24, 2.45) is 0 Å². The summed E-state index contributed by atoms with van der Waals surface area (Å²) in [6.45, 7) is 6.32. The number of carbonyl (C=O) groups excluding carboxylic acids is 1. The van der Waals surface area contributed by atoms with Crippen molar-refractivity contribution in [2.75, 3.05) is 5.32 Å². The number of amides is 1. The van der Waals surface area contributed by atoms with Gasteiger partial charge in [0.25, 0.3) is 0 Å². The Morgan fingerprint density at radius 3 is 2.59 bits per heavy atom. The first-order valence-electron chi connectivity index (χ1n) is 9.94. The smallest absolute Gasteiger partial charge is 0.225 e. The summed E-state index contributed by atoms with van der Waals surface area (Å²) in [7, 11) is 0. The molecule has 0 saturated carbocycles. The second-order valence-corrected chi connectivity index (χ2v) is 7.27. The highest BCUT2D eigenvalue weighted by molar-refractivity contribution is 5.95. The van der Waals surface area contributed by atoms with Gasteiger partial charge in [-0.3, -0.25) is 9.20 Å². The molecule has 1 N–H and O–H groups in total. The lowest BCUT2D eigenvalue weighted by Crippen LogP contribution is -2.13. The van der Waals surface area contributed by atoms with E-state index in [2.05, 4.69) is 31.3 Å². The number of hydrogen-bond donors (Lipinski definition) is 1. The van der Waals surface area contributed by atoms with Gasteiger partial charge in [-0.1, -0.05) is 62.9 Å². The highest BCUT2D eigenvalue weighted by Crippen LogP contribution is 2.31. The Morgan fingerprint density at radius 1 is 1.04 bits per heavy atom. The molecule has 0 unspecified atom stereocenters. The lowest BCUT2D eigenvalue weighted by Gasteiger charge is -2.10. The van der Waals surface area contributed by atoms with Crippen LogP contribution in [0.5, 0.6) is 0 Å². The van der Waals surface area contributed by atoms with Crippen LogP contribution < -0.4 is 5.32 Å². The molecule has 2 heterocycles. The number of imidazole rings is 1. The van der Waals surface area contributed by atoms with Crippen molar-refractivity contribution in [2.45, 2.75) is 59.3 Å². The minimum Gasteiger partial charge on any atom is -0.310 e. The van der Waals surface area contributed by atoms with Gasteiger partial charge >= 0.3 is 0 Å². The summed E-state index contributed by atoms with van der Waals surface area (Å²) in [5.74, 6) is 0.825. The number of nitrogens with zero attached hydrogens (tertiary/aromatic N) is 2. The van der Waals surface area contributed by atoms with Crippen molar-refractivity contribution < 1.29 is 4.79 Å². The molecule has 0 radical (unpaired) electrons. The van der Waals surface area contributed by atoms with Gasteiger partial charge in [-0.2, -0.15) is 0 Å². The number of aryl methyl sites for hydroxylation is 2. The van der Waals surface area contributed by atoms with Crippen molar-refractivity contribution in [1.82, 2.24) is 9.38 Å². The fraction of sp³-hybridized carbons (Fsp3) is 0.391. The number of carbonyl (C=O) groups is 1. The SMILES string of the molecule is CCCCCCCC(=O)Nc1c(-c2ccccc2C)nc2ccc(C)cn12. The van der Waals surface area contributed by atoms with E-state index < -0.39 is 0 Å². The second-order valence-electron chi connectivity index (χ2n) is 7.27. The molecule has 1 aromatic carbocycles. The third-order valence-corrected chi connectivity index (χ3v) is 4.93. The Hall–Kier alpha value is -2.62. The van der Waals surface area contributed by atoms with E-state index in [1.807, 2.05) is 41.8 Å². The van der Waals surface area contributed by atoms with E-state index in [9.17, 15) is 4.79 Å². The number of fused-ring (bicyclic) bond motifs is 1. The molecule has 0 atom stereocenters. The number of nitrogens with one attached hydrogen (secondary N) is 1. The maximum Gasteiger partial charge on any atom is 0.225 e. The predicted molar refractivity (Wildman–Crippen MR) is 112 cm³/mol. The van der Waals surface area contributed by atoms with E-state index in [4.69, 9.17) is 4.98 Å². The van der Waals surface area contributed by atoms with Crippen LogP contribution >= 0.6 is 0 Å². The first kappa shape index (κ1) is 19.2. The normalized spacial score (nSPS) is 11.1. The molecule has 4 heteroatoms. The molecule has 3 rings (SSSR count). The van der Waals surface area contributed by atoms with Gasteiger partial charge in [0.2, 0.25) is 5.91 Å². The molecular weight excluding hydrogens is 334 g/mol. The lowest BCUT2D eigenvalue weighted by molar-refractivity contribution is -0.116. The molecule has 0 aliphatic heterocycles. The fourth-order valence-electron chi connectivity index (χ4n) is 3.38. The highest BCUT2D eigenvalue weighted by Gasteiger charge is 2.17. The van der Waals surface area contributed by atoms with E-state index in [1.165, 1.54) is 19.3 Å². The predicted octanol–water partition coefficient (Wildman–Crippen LogP) is 5.92. The molecule has 0 bridgehead atoms. The van der Waals surface area contributed by atoms with Crippen LogP contribution in [0, 0.1) is 13.8 Å². The van der Waals surface area contributed by atoms with E-state index in [0.29, 0.717) is 6.42 Å². The minimum absolute atomic E-state index is 0.0599. The third-order valence-electron chi connectivity index (χ3n) is 4.93. The number of pyridine rings is 1. The lowest BCUT2D eigenvalue weighted by atomic mass is 10.1. The first-order valence-corrected chi connectivity index (χ1v) is 9.94. The van der Waals surface area contributed by atoms with Crippen LogP contribution in [0.15, 0.2) is 42.6 Å². The molecule has 4 nitrogen and oxygen atoms in total. The topological polar surface area (TPSA) is 46.4 Å². The molecule has 2 aromatic heterocycles. The summed E-state index contributed by atoms with van der Waals surface area (Å²) in [4.78, 5) is 17.4. The molecule has 27 heavy (non-hydrogen) atoms. The van der Waals surface area contributed by atoms with Gasteiger partial charge in [0.05, 0.1) is 0 Å². The second kappa shape index (κ2) is 8.85. The van der Waals surface area contributed by atoms with Gasteiger partial charge < -0.3 is 5.32 Å². The molecule has 0 spiro atoms. The molecule has 1 amide bonds. The summed E-state index contributed by atoms with van der Waals surface area (Å²) >= 11 is 0. The molecule has 0 fully saturated rings. The van der Waals surface area contributed by atoms with E-state index in [1.54, 1.807) is 0 Å². The summed E-state index contributed by atoms with van der Waals surface area (Å²) in [5, 5.41) is 3.14. The van der Waals surface area contributed by atoms with Gasteiger partial charge in [-0.25, -0.2) is 4.98 Å². The Labute approximate surface area is 161 Å². The van der Waals surface area contributed by atoms with Crippen molar-refractivity contribution in [3.63, 3.8) is 0 Å². The van der Waals surface area contributed by atoms with E-state index >= 15 is 0 Å². The van der Waals surface area contributed by atoms with Crippen molar-refractivity contribution in [3.8, 4) is 11.3 Å². The number of hydrogen-bond acceptors (Lipinski definition) is 2. The summed E-state index contributed by atoms with van der Waals surface area (Å²) in [5.41, 5.74) is 5.01. The van der Waals surface area contributed by atoms with Crippen LogP contribution in [0.2, 0.25) is 0 Å². The minimum atomic E-state index is 0.0599. The van der Waals surface area contributed by atoms with E-state index in [-0.39, 0.29) is 5.91 Å². The van der Waals surface area contributed by atoms with Crippen LogP contribution in [-0.2, 0) is 4.79 Å². The molecule has 142 valence electrons. The fourth-order valence-corrected chi connectivity index (χ4v) is 3.38. The van der Waals surface area contributed by atoms with Crippen molar-refractivity contribution in [1.29, 1.82) is 0 Å². The standard InChI is InChI=1S/C23H29N3O/c1-4-5-6-7-8-13-21(27)25-23-22(19-12-10-9-11-18(19)3)24-20-15-14-17(2)16-26(20)23/h9-12,14-16H,4-8,13H2,1-3H3,(H,25,27). The van der Waals surface area contributed by atoms with Gasteiger partial charge in [0.15, 0.2) is 0 Å². The molecule has 0 aliphatic rings. The zero-order chi connectivity index (χ0) is 19.2. The summed E-state index contributed by atoms with van der Waals surface area (Å²) < 4.78 is 1.99. The molecule has 0 aliphatic carbocycles. The molecule has 0 saturated heterocycles. The monoisotopic (exact) mass is 363 g/mol. The van der Waals surface area contributed by atoms with Gasteiger partial charge in [0.1, 0.15) is 17.2 Å². The van der Waals surface area contributed by atoms with Gasteiger partial charge in [-0.05, 0) is 37.5 Å². The Kier molecular flexibility index (Phi) is 6.28. The zero-order valence-corrected chi connectivity index (χ0v) is 16.6. The van der Waals surface area contributed by atoms with Crippen LogP contribution in [0.4, 0.5) is 5.82 Å². The Bertz CT molecular complexity index is 927. The maximum atomic E-state index is 12.6. The number of aromatic nitrogens is 2. The Morgan fingerprint density at radius 2 is 1.81 bits per heavy atom. The quantitative estimate of drug-likeness (QED) is 0.505. The first-order chi connectivity index (χ1) is 13.1. The maximum absolute atomic E-state index is 12.6. The van der Waals surface area contributed by atoms with Crippen molar-refractivity contribution >= 4 is 17.4 Å². The number of benzene rings is 1. The summed E-state index contributed by atoms with van der Waals surface area (Å²) in [6, 6.07) is 12.2. The zero-order valence-electron chi connectivity index (χ0n) is 16.6. The largest absolute Gasteiger partial charge is 0.310 e. The third kappa shape index (κ3) is 4.57. The van der Waals surface area contributed by atoms with Crippen molar-refractivity contribution in [3.05, 3.63) is 53.7 Å². The number of anilines is 1. The van der Waals surface area contributed by atoms with Gasteiger partial charge in [-0.15, -0.1) is 0 Å². The van der Waals surface area contributed by atoms with E-state index in [0.717, 1.165) is 46.7 Å². The molecule has 3 aromatic rings. The van der Waals surface area contributed by atoms with Crippen LogP contribution in [0.25, 0.3) is 16.9 Å². The number of rotatable bonds is 8. The van der Waals surface area contributed by atoms with Crippen LogP contribution in [0.3, 0.4) is 0 Å². The Balaban J connectivity index is 1.88. The average molecular weight is 364 g/mol. The van der Waals surface area contributed by atoms with Crippen LogP contribution in [0.1, 0.15) is 56.6 Å². The highest BCUT2D eigenvalue weighted by atomic mass is 16.1. The van der Waals surface area contributed by atoms with Crippen LogP contribution in [-0.4, -0.2) is 15.3 Å². The summed E-state index contributed by atoms with van der Waals surface area (Å²) in [6.07, 6.45) is 8.28. The number of unbranched alkanes of at least 4 members (excludes halogenated alkanes) is 4.